The smallest absolute Gasteiger partial charge is 0.241 e. The Kier molecular flexibility index (Phi) is 8.07. The maximum absolute atomic E-state index is 11.8. The second-order valence-electron chi connectivity index (χ2n) is 4.46. The van der Waals surface area contributed by atoms with Crippen molar-refractivity contribution in [3.63, 3.8) is 0 Å². The molecule has 0 spiro atoms. The first-order valence-electron chi connectivity index (χ1n) is 5.73. The van der Waals surface area contributed by atoms with Crippen LogP contribution in [0.4, 0.5) is 5.69 Å². The van der Waals surface area contributed by atoms with Crippen LogP contribution < -0.4 is 11.1 Å². The van der Waals surface area contributed by atoms with E-state index < -0.39 is 6.04 Å². The Bertz CT molecular complexity index is 385. The van der Waals surface area contributed by atoms with Gasteiger partial charge < -0.3 is 11.1 Å². The van der Waals surface area contributed by atoms with Gasteiger partial charge in [0, 0.05) is 10.6 Å². The van der Waals surface area contributed by atoms with E-state index in [4.69, 9.17) is 5.73 Å². The number of hydrogen-bond donors (Lipinski definition) is 2. The van der Waals surface area contributed by atoms with Gasteiger partial charge in [0.1, 0.15) is 0 Å². The topological polar surface area (TPSA) is 55.1 Å². The lowest BCUT2D eigenvalue weighted by Gasteiger charge is -2.14. The maximum Gasteiger partial charge on any atom is 0.241 e. The third-order valence-corrected chi connectivity index (χ3v) is 3.12. The van der Waals surface area contributed by atoms with Crippen LogP contribution in [0.5, 0.6) is 0 Å². The number of thioether (sulfide) groups is 1. The molecular weight excluding hydrogens is 268 g/mol. The van der Waals surface area contributed by atoms with Gasteiger partial charge in [-0.25, -0.2) is 0 Å². The number of rotatable bonds is 5. The van der Waals surface area contributed by atoms with Crippen molar-refractivity contribution in [2.75, 3.05) is 11.6 Å². The zero-order chi connectivity index (χ0) is 12.8. The normalized spacial score (nSPS) is 11.8. The molecule has 0 heterocycles. The molecule has 1 atom stereocenters. The van der Waals surface area contributed by atoms with Crippen molar-refractivity contribution >= 4 is 35.8 Å². The number of carbonyl (C=O) groups is 1. The van der Waals surface area contributed by atoms with Crippen LogP contribution in [0.2, 0.25) is 0 Å². The highest BCUT2D eigenvalue weighted by molar-refractivity contribution is 7.98. The van der Waals surface area contributed by atoms with E-state index in [1.807, 2.05) is 30.5 Å². The van der Waals surface area contributed by atoms with Gasteiger partial charge in [-0.2, -0.15) is 0 Å². The molecular formula is C13H21ClN2OS. The number of nitrogens with two attached hydrogens (primary N) is 1. The Balaban J connectivity index is 0.00000289. The fourth-order valence-electron chi connectivity index (χ4n) is 1.55. The second-order valence-corrected chi connectivity index (χ2v) is 5.34. The molecule has 5 heteroatoms. The van der Waals surface area contributed by atoms with E-state index >= 15 is 0 Å². The largest absolute Gasteiger partial charge is 0.325 e. The quantitative estimate of drug-likeness (QED) is 0.819. The van der Waals surface area contributed by atoms with Crippen molar-refractivity contribution in [1.29, 1.82) is 0 Å². The molecule has 3 nitrogen and oxygen atoms in total. The standard InChI is InChI=1S/C13H20N2OS.ClH/c1-9(2)7-12(14)13(16)15-10-5-4-6-11(8-10)17-3;/h4-6,8-9,12H,7,14H2,1-3H3,(H,15,16);1H/t12-;/m0./s1. The Labute approximate surface area is 119 Å². The highest BCUT2D eigenvalue weighted by Crippen LogP contribution is 2.19. The van der Waals surface area contributed by atoms with Gasteiger partial charge in [0.05, 0.1) is 6.04 Å². The van der Waals surface area contributed by atoms with Gasteiger partial charge in [0.15, 0.2) is 0 Å². The van der Waals surface area contributed by atoms with Crippen molar-refractivity contribution in [1.82, 2.24) is 0 Å². The van der Waals surface area contributed by atoms with Gasteiger partial charge in [-0.3, -0.25) is 4.79 Å². The van der Waals surface area contributed by atoms with Gasteiger partial charge in [0.25, 0.3) is 0 Å². The maximum atomic E-state index is 11.8. The van der Waals surface area contributed by atoms with E-state index in [9.17, 15) is 4.79 Å². The number of nitrogens with one attached hydrogen (secondary N) is 1. The highest BCUT2D eigenvalue weighted by Gasteiger charge is 2.14. The van der Waals surface area contributed by atoms with Gasteiger partial charge >= 0.3 is 0 Å². The minimum atomic E-state index is -0.437. The second kappa shape index (κ2) is 8.40. The monoisotopic (exact) mass is 288 g/mol. The summed E-state index contributed by atoms with van der Waals surface area (Å²) < 4.78 is 0. The Morgan fingerprint density at radius 1 is 1.44 bits per heavy atom. The number of hydrogen-bond acceptors (Lipinski definition) is 3. The van der Waals surface area contributed by atoms with Crippen molar-refractivity contribution in [2.24, 2.45) is 11.7 Å². The van der Waals surface area contributed by atoms with E-state index in [0.717, 1.165) is 10.6 Å². The highest BCUT2D eigenvalue weighted by atomic mass is 35.5. The summed E-state index contributed by atoms with van der Waals surface area (Å²) in [4.78, 5) is 12.9. The lowest BCUT2D eigenvalue weighted by molar-refractivity contribution is -0.117. The third kappa shape index (κ3) is 5.76. The molecule has 102 valence electrons. The van der Waals surface area contributed by atoms with Crippen LogP contribution in [0.25, 0.3) is 0 Å². The Morgan fingerprint density at radius 2 is 2.11 bits per heavy atom. The van der Waals surface area contributed by atoms with Gasteiger partial charge in [-0.15, -0.1) is 24.2 Å². The van der Waals surface area contributed by atoms with Gasteiger partial charge in [0.2, 0.25) is 5.91 Å². The van der Waals surface area contributed by atoms with Gasteiger partial charge in [-0.1, -0.05) is 19.9 Å². The van der Waals surface area contributed by atoms with Crippen LogP contribution in [0, 0.1) is 5.92 Å². The molecule has 1 aromatic carbocycles. The lowest BCUT2D eigenvalue weighted by atomic mass is 10.0. The summed E-state index contributed by atoms with van der Waals surface area (Å²) in [5.41, 5.74) is 6.63. The summed E-state index contributed by atoms with van der Waals surface area (Å²) in [6.45, 7) is 4.11. The van der Waals surface area contributed by atoms with Crippen LogP contribution in [-0.4, -0.2) is 18.2 Å². The minimum absolute atomic E-state index is 0. The van der Waals surface area contributed by atoms with Crippen LogP contribution in [0.15, 0.2) is 29.2 Å². The predicted molar refractivity (Wildman–Crippen MR) is 81.5 cm³/mol. The van der Waals surface area contributed by atoms with Crippen LogP contribution in [-0.2, 0) is 4.79 Å². The number of amides is 1. The van der Waals surface area contributed by atoms with Crippen molar-refractivity contribution < 1.29 is 4.79 Å². The zero-order valence-electron chi connectivity index (χ0n) is 11.0. The van der Waals surface area contributed by atoms with Crippen molar-refractivity contribution in [2.45, 2.75) is 31.2 Å². The van der Waals surface area contributed by atoms with E-state index in [-0.39, 0.29) is 18.3 Å². The first-order valence-corrected chi connectivity index (χ1v) is 6.96. The molecule has 1 rings (SSSR count). The first-order chi connectivity index (χ1) is 8.02. The predicted octanol–water partition coefficient (Wildman–Crippen LogP) is 3.14. The lowest BCUT2D eigenvalue weighted by Crippen LogP contribution is -2.36. The molecule has 0 aliphatic carbocycles. The fraction of sp³-hybridized carbons (Fsp3) is 0.462. The molecule has 0 saturated carbocycles. The summed E-state index contributed by atoms with van der Waals surface area (Å²) in [6, 6.07) is 7.32. The molecule has 3 N–H and O–H groups in total. The average molecular weight is 289 g/mol. The summed E-state index contributed by atoms with van der Waals surface area (Å²) in [5, 5.41) is 2.84. The fourth-order valence-corrected chi connectivity index (χ4v) is 2.01. The number of benzene rings is 1. The van der Waals surface area contributed by atoms with Crippen molar-refractivity contribution in [3.8, 4) is 0 Å². The van der Waals surface area contributed by atoms with Crippen LogP contribution in [0.3, 0.4) is 0 Å². The van der Waals surface area contributed by atoms with Crippen LogP contribution >= 0.6 is 24.2 Å². The molecule has 0 saturated heterocycles. The third-order valence-electron chi connectivity index (χ3n) is 2.40. The molecule has 1 aromatic rings. The molecule has 0 unspecified atom stereocenters. The molecule has 0 aliphatic rings. The number of carbonyl (C=O) groups excluding carboxylic acids is 1. The summed E-state index contributed by atoms with van der Waals surface area (Å²) in [6.07, 6.45) is 2.71. The molecule has 1 amide bonds. The summed E-state index contributed by atoms with van der Waals surface area (Å²) in [7, 11) is 0. The summed E-state index contributed by atoms with van der Waals surface area (Å²) in [5.74, 6) is 0.310. The molecule has 0 bridgehead atoms. The molecule has 18 heavy (non-hydrogen) atoms. The van der Waals surface area contributed by atoms with E-state index in [1.165, 1.54) is 0 Å². The van der Waals surface area contributed by atoms with Crippen LogP contribution in [0.1, 0.15) is 20.3 Å². The first kappa shape index (κ1) is 17.3. The molecule has 0 aliphatic heterocycles. The number of halogens is 1. The van der Waals surface area contributed by atoms with E-state index in [2.05, 4.69) is 19.2 Å². The molecule has 0 aromatic heterocycles. The zero-order valence-corrected chi connectivity index (χ0v) is 12.6. The molecule has 0 radical (unpaired) electrons. The average Bonchev–Trinajstić information content (AvgIpc) is 2.28. The van der Waals surface area contributed by atoms with E-state index in [1.54, 1.807) is 11.8 Å². The SMILES string of the molecule is CSc1cccc(NC(=O)[C@@H](N)CC(C)C)c1.Cl. The Hall–Kier alpha value is -0.710. The van der Waals surface area contributed by atoms with E-state index in [0.29, 0.717) is 12.3 Å². The minimum Gasteiger partial charge on any atom is -0.325 e. The number of anilines is 1. The van der Waals surface area contributed by atoms with Gasteiger partial charge in [-0.05, 0) is 36.8 Å². The van der Waals surface area contributed by atoms with Crippen molar-refractivity contribution in [3.05, 3.63) is 24.3 Å². The molecule has 0 fully saturated rings. The Morgan fingerprint density at radius 3 is 2.67 bits per heavy atom. The summed E-state index contributed by atoms with van der Waals surface area (Å²) >= 11 is 1.65.